The second kappa shape index (κ2) is 4.32. The van der Waals surface area contributed by atoms with E-state index in [2.05, 4.69) is 6.92 Å². The molecule has 9 heavy (non-hydrogen) atoms. The van der Waals surface area contributed by atoms with Crippen LogP contribution in [0.4, 0.5) is 0 Å². The summed E-state index contributed by atoms with van der Waals surface area (Å²) >= 11 is 0. The zero-order valence-electron chi connectivity index (χ0n) is 5.46. The molecule has 1 N–H and O–H groups in total. The van der Waals surface area contributed by atoms with Crippen LogP contribution in [0, 0.1) is 6.92 Å². The van der Waals surface area contributed by atoms with Gasteiger partial charge < -0.3 is 9.84 Å². The molecule has 1 radical (unpaired) electrons. The minimum atomic E-state index is -0.938. The van der Waals surface area contributed by atoms with Crippen molar-refractivity contribution in [3.8, 4) is 0 Å². The first kappa shape index (κ1) is 8.43. The van der Waals surface area contributed by atoms with Crippen molar-refractivity contribution in [2.24, 2.45) is 0 Å². The van der Waals surface area contributed by atoms with E-state index in [1.807, 2.05) is 0 Å². The molecule has 0 saturated carbocycles. The first-order chi connectivity index (χ1) is 4.22. The van der Waals surface area contributed by atoms with Gasteiger partial charge in [0.2, 0.25) is 0 Å². The maximum absolute atomic E-state index is 10.2. The molecule has 0 aromatic heterocycles. The van der Waals surface area contributed by atoms with Gasteiger partial charge in [-0.1, -0.05) is 6.92 Å². The van der Waals surface area contributed by atoms with Gasteiger partial charge in [-0.25, -0.2) is 4.79 Å². The van der Waals surface area contributed by atoms with Crippen molar-refractivity contribution in [2.75, 3.05) is 6.61 Å². The quantitative estimate of drug-likeness (QED) is 0.610. The Hall–Kier alpha value is -0.570. The lowest BCUT2D eigenvalue weighted by molar-refractivity contribution is -0.149. The van der Waals surface area contributed by atoms with E-state index in [9.17, 15) is 4.79 Å². The summed E-state index contributed by atoms with van der Waals surface area (Å²) in [4.78, 5) is 10.2. The van der Waals surface area contributed by atoms with Crippen molar-refractivity contribution >= 4 is 5.97 Å². The van der Waals surface area contributed by atoms with Gasteiger partial charge in [-0.05, 0) is 13.3 Å². The third kappa shape index (κ3) is 3.08. The molecule has 0 aliphatic rings. The summed E-state index contributed by atoms with van der Waals surface area (Å²) in [6.45, 7) is 5.60. The predicted octanol–water partition coefficient (Wildman–Crippen LogP) is 0.700. The minimum absolute atomic E-state index is 0.281. The van der Waals surface area contributed by atoms with Crippen molar-refractivity contribution in [3.05, 3.63) is 6.92 Å². The zero-order chi connectivity index (χ0) is 7.28. The molecule has 0 bridgehead atoms. The van der Waals surface area contributed by atoms with E-state index in [1.54, 1.807) is 6.92 Å². The molecule has 1 unspecified atom stereocenters. The van der Waals surface area contributed by atoms with Crippen molar-refractivity contribution < 1.29 is 14.6 Å². The molecule has 0 aromatic rings. The highest BCUT2D eigenvalue weighted by Gasteiger charge is 2.13. The number of rotatable bonds is 4. The van der Waals surface area contributed by atoms with Gasteiger partial charge in [0.25, 0.3) is 0 Å². The van der Waals surface area contributed by atoms with E-state index in [-0.39, 0.29) is 6.42 Å². The maximum atomic E-state index is 10.2. The second-order valence-electron chi connectivity index (χ2n) is 1.57. The van der Waals surface area contributed by atoms with Crippen molar-refractivity contribution in [2.45, 2.75) is 19.4 Å². The van der Waals surface area contributed by atoms with Crippen molar-refractivity contribution in [1.82, 2.24) is 0 Å². The Morgan fingerprint density at radius 1 is 1.89 bits per heavy atom. The lowest BCUT2D eigenvalue weighted by atomic mass is 10.3. The second-order valence-corrected chi connectivity index (χ2v) is 1.57. The Morgan fingerprint density at radius 3 is 2.56 bits per heavy atom. The van der Waals surface area contributed by atoms with Crippen molar-refractivity contribution in [1.29, 1.82) is 0 Å². The van der Waals surface area contributed by atoms with Gasteiger partial charge in [0, 0.05) is 6.61 Å². The summed E-state index contributed by atoms with van der Waals surface area (Å²) in [6.07, 6.45) is -0.446. The minimum Gasteiger partial charge on any atom is -0.479 e. The fourth-order valence-corrected chi connectivity index (χ4v) is 0.479. The highest BCUT2D eigenvalue weighted by molar-refractivity contribution is 5.72. The third-order valence-corrected chi connectivity index (χ3v) is 0.905. The van der Waals surface area contributed by atoms with Crippen LogP contribution in [0.25, 0.3) is 0 Å². The molecule has 0 saturated heterocycles. The van der Waals surface area contributed by atoms with E-state index in [1.165, 1.54) is 0 Å². The van der Waals surface area contributed by atoms with Crippen LogP contribution < -0.4 is 0 Å². The fraction of sp³-hybridized carbons (Fsp3) is 0.667. The number of hydrogen-bond donors (Lipinski definition) is 1. The molecule has 0 aliphatic carbocycles. The van der Waals surface area contributed by atoms with Gasteiger partial charge in [0.05, 0.1) is 0 Å². The van der Waals surface area contributed by atoms with Crippen LogP contribution in [0.1, 0.15) is 13.3 Å². The molecule has 3 nitrogen and oxygen atoms in total. The summed E-state index contributed by atoms with van der Waals surface area (Å²) < 4.78 is 4.79. The van der Waals surface area contributed by atoms with Crippen LogP contribution in [0.5, 0.6) is 0 Å². The molecule has 53 valence electrons. The normalized spacial score (nSPS) is 13.1. The SMILES string of the molecule is [CH2]CC(OCC)C(=O)O. The summed E-state index contributed by atoms with van der Waals surface area (Å²) in [6, 6.07) is 0. The maximum Gasteiger partial charge on any atom is 0.332 e. The molecule has 3 heteroatoms. The van der Waals surface area contributed by atoms with Crippen LogP contribution in [0.2, 0.25) is 0 Å². The Morgan fingerprint density at radius 2 is 2.44 bits per heavy atom. The topological polar surface area (TPSA) is 46.5 Å². The fourth-order valence-electron chi connectivity index (χ4n) is 0.479. The van der Waals surface area contributed by atoms with Gasteiger partial charge in [-0.3, -0.25) is 0 Å². The number of hydrogen-bond acceptors (Lipinski definition) is 2. The molecular weight excluding hydrogens is 120 g/mol. The van der Waals surface area contributed by atoms with E-state index in [0.717, 1.165) is 0 Å². The zero-order valence-corrected chi connectivity index (χ0v) is 5.46. The molecule has 0 fully saturated rings. The van der Waals surface area contributed by atoms with Crippen LogP contribution in [0.3, 0.4) is 0 Å². The van der Waals surface area contributed by atoms with Gasteiger partial charge >= 0.3 is 5.97 Å². The average molecular weight is 131 g/mol. The van der Waals surface area contributed by atoms with E-state index in [4.69, 9.17) is 9.84 Å². The molecule has 0 aromatic carbocycles. The third-order valence-electron chi connectivity index (χ3n) is 0.905. The molecule has 0 aliphatic heterocycles. The van der Waals surface area contributed by atoms with Gasteiger partial charge in [0.15, 0.2) is 6.10 Å². The van der Waals surface area contributed by atoms with E-state index in [0.29, 0.717) is 6.61 Å². The Labute approximate surface area is 54.6 Å². The molecular formula is C6H11O3. The Bertz CT molecular complexity index is 90.3. The lowest BCUT2D eigenvalue weighted by Gasteiger charge is -2.07. The number of carboxylic acids is 1. The van der Waals surface area contributed by atoms with E-state index < -0.39 is 12.1 Å². The Kier molecular flexibility index (Phi) is 4.05. The highest BCUT2D eigenvalue weighted by atomic mass is 16.5. The predicted molar refractivity (Wildman–Crippen MR) is 33.0 cm³/mol. The standard InChI is InChI=1S/C6H11O3/c1-3-5(6(7)8)9-4-2/h5H,1,3-4H2,2H3,(H,7,8). The number of carboxylic acid groups (broad SMARTS) is 1. The summed E-state index contributed by atoms with van der Waals surface area (Å²) in [5.41, 5.74) is 0. The Balaban J connectivity index is 3.54. The number of ether oxygens (including phenoxy) is 1. The first-order valence-corrected chi connectivity index (χ1v) is 2.86. The van der Waals surface area contributed by atoms with Crippen LogP contribution in [-0.4, -0.2) is 23.8 Å². The smallest absolute Gasteiger partial charge is 0.332 e. The average Bonchev–Trinajstić information content (AvgIpc) is 1.82. The molecule has 1 atom stereocenters. The number of aliphatic carboxylic acids is 1. The van der Waals surface area contributed by atoms with Gasteiger partial charge in [-0.2, -0.15) is 0 Å². The lowest BCUT2D eigenvalue weighted by Crippen LogP contribution is -2.22. The summed E-state index contributed by atoms with van der Waals surface area (Å²) in [5.74, 6) is -0.938. The summed E-state index contributed by atoms with van der Waals surface area (Å²) in [7, 11) is 0. The monoisotopic (exact) mass is 131 g/mol. The molecule has 0 rings (SSSR count). The number of carbonyl (C=O) groups is 1. The first-order valence-electron chi connectivity index (χ1n) is 2.86. The summed E-state index contributed by atoms with van der Waals surface area (Å²) in [5, 5.41) is 8.34. The highest BCUT2D eigenvalue weighted by Crippen LogP contribution is 1.95. The van der Waals surface area contributed by atoms with Crippen molar-refractivity contribution in [3.63, 3.8) is 0 Å². The van der Waals surface area contributed by atoms with Gasteiger partial charge in [-0.15, -0.1) is 0 Å². The van der Waals surface area contributed by atoms with Crippen LogP contribution in [-0.2, 0) is 9.53 Å². The van der Waals surface area contributed by atoms with Crippen LogP contribution in [0.15, 0.2) is 0 Å². The van der Waals surface area contributed by atoms with Gasteiger partial charge in [0.1, 0.15) is 0 Å². The molecule has 0 amide bonds. The largest absolute Gasteiger partial charge is 0.479 e. The molecule has 0 spiro atoms. The van der Waals surface area contributed by atoms with Crippen LogP contribution >= 0.6 is 0 Å². The van der Waals surface area contributed by atoms with E-state index >= 15 is 0 Å². The molecule has 0 heterocycles.